The zero-order valence-corrected chi connectivity index (χ0v) is 17.0. The molecule has 0 atom stereocenters. The lowest BCUT2D eigenvalue weighted by molar-refractivity contribution is -0.222. The molecule has 1 aliphatic rings. The first-order valence-electron chi connectivity index (χ1n) is 8.09. The van der Waals surface area contributed by atoms with Crippen molar-refractivity contribution in [2.75, 3.05) is 0 Å². The molecular formula is C20H16BrClO5. The van der Waals surface area contributed by atoms with Gasteiger partial charge in [0.1, 0.15) is 17.9 Å². The second kappa shape index (κ2) is 7.74. The smallest absolute Gasteiger partial charge is 0.348 e. The molecule has 0 bridgehead atoms. The van der Waals surface area contributed by atoms with Crippen molar-refractivity contribution in [1.82, 2.24) is 0 Å². The Labute approximate surface area is 170 Å². The summed E-state index contributed by atoms with van der Waals surface area (Å²) in [7, 11) is 0. The molecule has 3 rings (SSSR count). The van der Waals surface area contributed by atoms with Crippen molar-refractivity contribution in [1.29, 1.82) is 0 Å². The molecule has 1 aliphatic heterocycles. The van der Waals surface area contributed by atoms with Gasteiger partial charge in [-0.25, -0.2) is 9.59 Å². The van der Waals surface area contributed by atoms with Gasteiger partial charge >= 0.3 is 11.9 Å². The number of carbonyl (C=O) groups is 2. The molecule has 27 heavy (non-hydrogen) atoms. The summed E-state index contributed by atoms with van der Waals surface area (Å²) >= 11 is 9.37. The molecular weight excluding hydrogens is 436 g/mol. The highest BCUT2D eigenvalue weighted by atomic mass is 79.9. The third-order valence-corrected chi connectivity index (χ3v) is 4.40. The maximum Gasteiger partial charge on any atom is 0.348 e. The average molecular weight is 452 g/mol. The van der Waals surface area contributed by atoms with Crippen LogP contribution in [0, 0.1) is 0 Å². The van der Waals surface area contributed by atoms with Gasteiger partial charge in [-0.15, -0.1) is 0 Å². The van der Waals surface area contributed by atoms with E-state index < -0.39 is 17.7 Å². The lowest BCUT2D eigenvalue weighted by Crippen LogP contribution is -2.41. The van der Waals surface area contributed by atoms with Crippen molar-refractivity contribution in [2.45, 2.75) is 26.2 Å². The minimum absolute atomic E-state index is 0.194. The normalized spacial score (nSPS) is 15.8. The summed E-state index contributed by atoms with van der Waals surface area (Å²) in [5.74, 6) is -2.26. The molecule has 7 heteroatoms. The maximum absolute atomic E-state index is 12.2. The third kappa shape index (κ3) is 4.90. The first-order valence-corrected chi connectivity index (χ1v) is 9.26. The van der Waals surface area contributed by atoms with Gasteiger partial charge in [0.2, 0.25) is 0 Å². The first kappa shape index (κ1) is 19.5. The minimum atomic E-state index is -1.28. The number of hydrogen-bond acceptors (Lipinski definition) is 5. The van der Waals surface area contributed by atoms with Gasteiger partial charge in [-0.1, -0.05) is 39.7 Å². The average Bonchev–Trinajstić information content (AvgIpc) is 2.56. The molecule has 0 radical (unpaired) electrons. The van der Waals surface area contributed by atoms with Crippen molar-refractivity contribution in [2.24, 2.45) is 0 Å². The SMILES string of the molecule is CC1(C)OC(=O)C(=Cc2cc(Br)ccc2OCc2cccc(Cl)c2)C(=O)O1. The Balaban J connectivity index is 1.88. The molecule has 0 aromatic heterocycles. The molecule has 0 spiro atoms. The summed E-state index contributed by atoms with van der Waals surface area (Å²) in [5.41, 5.74) is 1.23. The van der Waals surface area contributed by atoms with E-state index in [1.165, 1.54) is 19.9 Å². The fourth-order valence-corrected chi connectivity index (χ4v) is 3.08. The maximum atomic E-state index is 12.2. The van der Waals surface area contributed by atoms with E-state index in [1.54, 1.807) is 30.3 Å². The topological polar surface area (TPSA) is 61.8 Å². The van der Waals surface area contributed by atoms with Crippen LogP contribution in [0.25, 0.3) is 6.08 Å². The molecule has 2 aromatic carbocycles. The van der Waals surface area contributed by atoms with Gasteiger partial charge in [0, 0.05) is 28.9 Å². The standard InChI is InChI=1S/C20H16BrClO5/c1-20(2)26-18(23)16(19(24)27-20)10-13-9-14(21)6-7-17(13)25-11-12-4-3-5-15(22)8-12/h3-10H,11H2,1-2H3. The predicted octanol–water partition coefficient (Wildman–Crippen LogP) is 4.90. The Morgan fingerprint density at radius 3 is 2.48 bits per heavy atom. The zero-order chi connectivity index (χ0) is 19.6. The van der Waals surface area contributed by atoms with Crippen molar-refractivity contribution < 1.29 is 23.8 Å². The van der Waals surface area contributed by atoms with Crippen LogP contribution in [0.3, 0.4) is 0 Å². The highest BCUT2D eigenvalue weighted by Gasteiger charge is 2.39. The fraction of sp³-hybridized carbons (Fsp3) is 0.200. The highest BCUT2D eigenvalue weighted by molar-refractivity contribution is 9.10. The van der Waals surface area contributed by atoms with E-state index in [0.29, 0.717) is 16.3 Å². The van der Waals surface area contributed by atoms with Gasteiger partial charge in [0.05, 0.1) is 0 Å². The number of ether oxygens (including phenoxy) is 3. The van der Waals surface area contributed by atoms with Crippen LogP contribution in [0.4, 0.5) is 0 Å². The Kier molecular flexibility index (Phi) is 5.58. The molecule has 0 aliphatic carbocycles. The summed E-state index contributed by atoms with van der Waals surface area (Å²) < 4.78 is 16.9. The Hall–Kier alpha value is -2.31. The minimum Gasteiger partial charge on any atom is -0.488 e. The number of halogens is 2. The molecule has 140 valence electrons. The molecule has 0 unspecified atom stereocenters. The second-order valence-corrected chi connectivity index (χ2v) is 7.69. The van der Waals surface area contributed by atoms with Gasteiger partial charge in [-0.05, 0) is 42.0 Å². The van der Waals surface area contributed by atoms with E-state index >= 15 is 0 Å². The lowest BCUT2D eigenvalue weighted by atomic mass is 10.1. The number of cyclic esters (lactones) is 2. The molecule has 5 nitrogen and oxygen atoms in total. The Morgan fingerprint density at radius 2 is 1.81 bits per heavy atom. The van der Waals surface area contributed by atoms with Crippen LogP contribution in [0.5, 0.6) is 5.75 Å². The van der Waals surface area contributed by atoms with Crippen LogP contribution in [0.1, 0.15) is 25.0 Å². The number of carbonyl (C=O) groups excluding carboxylic acids is 2. The zero-order valence-electron chi connectivity index (χ0n) is 14.6. The molecule has 1 heterocycles. The molecule has 2 aromatic rings. The molecule has 0 amide bonds. The van der Waals surface area contributed by atoms with Gasteiger partial charge in [-0.2, -0.15) is 0 Å². The Morgan fingerprint density at radius 1 is 1.11 bits per heavy atom. The van der Waals surface area contributed by atoms with E-state index in [0.717, 1.165) is 10.0 Å². The predicted molar refractivity (Wildman–Crippen MR) is 104 cm³/mol. The van der Waals surface area contributed by atoms with E-state index in [2.05, 4.69) is 15.9 Å². The highest BCUT2D eigenvalue weighted by Crippen LogP contribution is 2.30. The third-order valence-electron chi connectivity index (χ3n) is 3.67. The van der Waals surface area contributed by atoms with E-state index in [1.807, 2.05) is 12.1 Å². The summed E-state index contributed by atoms with van der Waals surface area (Å²) in [6.07, 6.45) is 1.40. The van der Waals surface area contributed by atoms with E-state index in [-0.39, 0.29) is 12.2 Å². The largest absolute Gasteiger partial charge is 0.488 e. The van der Waals surface area contributed by atoms with Gasteiger partial charge < -0.3 is 14.2 Å². The first-order chi connectivity index (χ1) is 12.7. The molecule has 1 fully saturated rings. The quantitative estimate of drug-likeness (QED) is 0.376. The van der Waals surface area contributed by atoms with E-state index in [4.69, 9.17) is 25.8 Å². The van der Waals surface area contributed by atoms with Gasteiger partial charge in [0.25, 0.3) is 5.79 Å². The summed E-state index contributed by atoms with van der Waals surface area (Å²) in [4.78, 5) is 24.4. The monoisotopic (exact) mass is 450 g/mol. The number of rotatable bonds is 4. The van der Waals surface area contributed by atoms with Crippen LogP contribution >= 0.6 is 27.5 Å². The van der Waals surface area contributed by atoms with Gasteiger partial charge in [-0.3, -0.25) is 0 Å². The summed E-state index contributed by atoms with van der Waals surface area (Å²) in [6, 6.07) is 12.6. The van der Waals surface area contributed by atoms with Crippen molar-refractivity contribution in [3.05, 3.63) is 68.7 Å². The molecule has 0 N–H and O–H groups in total. The van der Waals surface area contributed by atoms with Crippen LogP contribution < -0.4 is 4.74 Å². The van der Waals surface area contributed by atoms with Crippen molar-refractivity contribution in [3.8, 4) is 5.75 Å². The van der Waals surface area contributed by atoms with Crippen LogP contribution in [0.2, 0.25) is 5.02 Å². The van der Waals surface area contributed by atoms with Crippen LogP contribution in [-0.4, -0.2) is 17.7 Å². The second-order valence-electron chi connectivity index (χ2n) is 6.34. The number of esters is 2. The molecule has 1 saturated heterocycles. The fourth-order valence-electron chi connectivity index (χ4n) is 2.49. The Bertz CT molecular complexity index is 914. The summed E-state index contributed by atoms with van der Waals surface area (Å²) in [6.45, 7) is 3.27. The van der Waals surface area contributed by atoms with Crippen LogP contribution in [0.15, 0.2) is 52.5 Å². The number of hydrogen-bond donors (Lipinski definition) is 0. The van der Waals surface area contributed by atoms with Gasteiger partial charge in [0.15, 0.2) is 0 Å². The van der Waals surface area contributed by atoms with E-state index in [9.17, 15) is 9.59 Å². The van der Waals surface area contributed by atoms with Crippen molar-refractivity contribution >= 4 is 45.5 Å². The van der Waals surface area contributed by atoms with Crippen LogP contribution in [-0.2, 0) is 25.7 Å². The van der Waals surface area contributed by atoms with Crippen molar-refractivity contribution in [3.63, 3.8) is 0 Å². The molecule has 0 saturated carbocycles. The number of benzene rings is 2. The lowest BCUT2D eigenvalue weighted by Gasteiger charge is -2.29. The summed E-state index contributed by atoms with van der Waals surface area (Å²) in [5, 5.41) is 0.615.